The van der Waals surface area contributed by atoms with Crippen LogP contribution in [0, 0.1) is 5.92 Å². The second-order valence-corrected chi connectivity index (χ2v) is 5.80. The molecule has 4 nitrogen and oxygen atoms in total. The molecule has 1 fully saturated rings. The fourth-order valence-corrected chi connectivity index (χ4v) is 2.77. The van der Waals surface area contributed by atoms with Crippen molar-refractivity contribution < 1.29 is 4.42 Å². The molecule has 1 saturated heterocycles. The first-order valence-electron chi connectivity index (χ1n) is 7.34. The molecule has 1 N–H and O–H groups in total. The monoisotopic (exact) mass is 265 g/mol. The van der Waals surface area contributed by atoms with E-state index in [1.54, 1.807) is 6.26 Å². The number of rotatable bonds is 7. The second-order valence-electron chi connectivity index (χ2n) is 5.80. The molecule has 0 spiro atoms. The van der Waals surface area contributed by atoms with Gasteiger partial charge in [0.2, 0.25) is 0 Å². The Morgan fingerprint density at radius 1 is 1.37 bits per heavy atom. The van der Waals surface area contributed by atoms with Gasteiger partial charge >= 0.3 is 0 Å². The van der Waals surface area contributed by atoms with E-state index in [2.05, 4.69) is 29.2 Å². The van der Waals surface area contributed by atoms with E-state index in [0.29, 0.717) is 0 Å². The number of nitrogens with one attached hydrogen (secondary N) is 1. The molecule has 108 valence electrons. The van der Waals surface area contributed by atoms with Crippen LogP contribution in [-0.4, -0.2) is 56.6 Å². The first-order valence-corrected chi connectivity index (χ1v) is 7.34. The number of likely N-dealkylation sites (tertiary alicyclic amines) is 1. The minimum atomic E-state index is 0.837. The standard InChI is InChI=1S/C15H27N3O/c1-17(2)13-14-5-8-18(9-6-14)10-7-16-12-15-4-3-11-19-15/h3-4,11,14,16H,5-10,12-13H2,1-2H3. The Labute approximate surface area is 116 Å². The fourth-order valence-electron chi connectivity index (χ4n) is 2.77. The molecule has 2 rings (SSSR count). The highest BCUT2D eigenvalue weighted by Gasteiger charge is 2.18. The molecule has 0 aromatic carbocycles. The summed E-state index contributed by atoms with van der Waals surface area (Å²) in [5.74, 6) is 1.91. The van der Waals surface area contributed by atoms with Crippen LogP contribution in [0.15, 0.2) is 22.8 Å². The number of piperidine rings is 1. The van der Waals surface area contributed by atoms with Gasteiger partial charge in [-0.1, -0.05) is 0 Å². The van der Waals surface area contributed by atoms with Crippen molar-refractivity contribution in [2.75, 3.05) is 46.8 Å². The first kappa shape index (κ1) is 14.6. The molecule has 4 heteroatoms. The molecule has 0 radical (unpaired) electrons. The zero-order valence-electron chi connectivity index (χ0n) is 12.3. The number of hydrogen-bond donors (Lipinski definition) is 1. The van der Waals surface area contributed by atoms with Crippen LogP contribution in [0.5, 0.6) is 0 Å². The maximum absolute atomic E-state index is 5.30. The molecular weight excluding hydrogens is 238 g/mol. The largest absolute Gasteiger partial charge is 0.468 e. The van der Waals surface area contributed by atoms with E-state index in [1.807, 2.05) is 12.1 Å². The average molecular weight is 265 g/mol. The summed E-state index contributed by atoms with van der Waals surface area (Å²) in [5.41, 5.74) is 0. The van der Waals surface area contributed by atoms with Crippen LogP contribution >= 0.6 is 0 Å². The summed E-state index contributed by atoms with van der Waals surface area (Å²) in [6.45, 7) is 6.77. The van der Waals surface area contributed by atoms with E-state index < -0.39 is 0 Å². The van der Waals surface area contributed by atoms with Crippen LogP contribution in [0.25, 0.3) is 0 Å². The van der Waals surface area contributed by atoms with E-state index in [9.17, 15) is 0 Å². The minimum absolute atomic E-state index is 0.837. The molecule has 1 aliphatic rings. The Kier molecular flexibility index (Phi) is 5.89. The highest BCUT2D eigenvalue weighted by atomic mass is 16.3. The number of hydrogen-bond acceptors (Lipinski definition) is 4. The Bertz CT molecular complexity index is 329. The predicted octanol–water partition coefficient (Wildman–Crippen LogP) is 1.64. The van der Waals surface area contributed by atoms with E-state index >= 15 is 0 Å². The molecule has 0 bridgehead atoms. The van der Waals surface area contributed by atoms with Crippen molar-refractivity contribution in [1.29, 1.82) is 0 Å². The van der Waals surface area contributed by atoms with Crippen molar-refractivity contribution in [3.8, 4) is 0 Å². The maximum Gasteiger partial charge on any atom is 0.117 e. The molecule has 0 atom stereocenters. The summed E-state index contributed by atoms with van der Waals surface area (Å²) in [5, 5.41) is 3.43. The normalized spacial score (nSPS) is 18.3. The lowest BCUT2D eigenvalue weighted by Crippen LogP contribution is -2.40. The number of nitrogens with zero attached hydrogens (tertiary/aromatic N) is 2. The smallest absolute Gasteiger partial charge is 0.117 e. The number of furan rings is 1. The summed E-state index contributed by atoms with van der Waals surface area (Å²) in [7, 11) is 4.34. The molecular formula is C15H27N3O. The summed E-state index contributed by atoms with van der Waals surface area (Å²) >= 11 is 0. The Morgan fingerprint density at radius 3 is 2.79 bits per heavy atom. The minimum Gasteiger partial charge on any atom is -0.468 e. The van der Waals surface area contributed by atoms with Gasteiger partial charge in [-0.3, -0.25) is 0 Å². The van der Waals surface area contributed by atoms with Gasteiger partial charge in [-0.25, -0.2) is 0 Å². The lowest BCUT2D eigenvalue weighted by molar-refractivity contribution is 0.163. The molecule has 2 heterocycles. The van der Waals surface area contributed by atoms with Crippen molar-refractivity contribution in [3.05, 3.63) is 24.2 Å². The van der Waals surface area contributed by atoms with Crippen LogP contribution < -0.4 is 5.32 Å². The Balaban J connectivity index is 1.53. The van der Waals surface area contributed by atoms with Crippen LogP contribution in [0.2, 0.25) is 0 Å². The topological polar surface area (TPSA) is 31.6 Å². The first-order chi connectivity index (χ1) is 9.24. The van der Waals surface area contributed by atoms with Gasteiger partial charge in [0.25, 0.3) is 0 Å². The maximum atomic E-state index is 5.30. The lowest BCUT2D eigenvalue weighted by Gasteiger charge is -2.33. The van der Waals surface area contributed by atoms with Gasteiger partial charge < -0.3 is 19.5 Å². The molecule has 0 saturated carbocycles. The summed E-state index contributed by atoms with van der Waals surface area (Å²) in [4.78, 5) is 4.88. The third-order valence-corrected chi connectivity index (χ3v) is 3.81. The Hall–Kier alpha value is -0.840. The molecule has 0 amide bonds. The molecule has 0 unspecified atom stereocenters. The van der Waals surface area contributed by atoms with E-state index in [-0.39, 0.29) is 0 Å². The third kappa shape index (κ3) is 5.35. The second kappa shape index (κ2) is 7.68. The molecule has 1 aromatic heterocycles. The van der Waals surface area contributed by atoms with Crippen molar-refractivity contribution in [2.24, 2.45) is 5.92 Å². The van der Waals surface area contributed by atoms with E-state index in [0.717, 1.165) is 31.3 Å². The van der Waals surface area contributed by atoms with Gasteiger partial charge in [-0.05, 0) is 58.1 Å². The summed E-state index contributed by atoms with van der Waals surface area (Å²) in [6, 6.07) is 3.95. The summed E-state index contributed by atoms with van der Waals surface area (Å²) < 4.78 is 5.30. The molecule has 0 aliphatic carbocycles. The van der Waals surface area contributed by atoms with Crippen LogP contribution in [0.1, 0.15) is 18.6 Å². The van der Waals surface area contributed by atoms with Crippen LogP contribution in [-0.2, 0) is 6.54 Å². The van der Waals surface area contributed by atoms with Gasteiger partial charge in [0.1, 0.15) is 5.76 Å². The molecule has 1 aliphatic heterocycles. The van der Waals surface area contributed by atoms with Crippen LogP contribution in [0.4, 0.5) is 0 Å². The van der Waals surface area contributed by atoms with Gasteiger partial charge in [-0.15, -0.1) is 0 Å². The molecule has 1 aromatic rings. The Morgan fingerprint density at radius 2 is 2.16 bits per heavy atom. The van der Waals surface area contributed by atoms with Gasteiger partial charge in [0.05, 0.1) is 12.8 Å². The van der Waals surface area contributed by atoms with Gasteiger partial charge in [0, 0.05) is 19.6 Å². The highest BCUT2D eigenvalue weighted by Crippen LogP contribution is 2.17. The molecule has 19 heavy (non-hydrogen) atoms. The van der Waals surface area contributed by atoms with Crippen molar-refractivity contribution >= 4 is 0 Å². The summed E-state index contributed by atoms with van der Waals surface area (Å²) in [6.07, 6.45) is 4.42. The van der Waals surface area contributed by atoms with Crippen molar-refractivity contribution in [2.45, 2.75) is 19.4 Å². The quantitative estimate of drug-likeness (QED) is 0.760. The van der Waals surface area contributed by atoms with Crippen LogP contribution in [0.3, 0.4) is 0 Å². The van der Waals surface area contributed by atoms with Crippen molar-refractivity contribution in [3.63, 3.8) is 0 Å². The lowest BCUT2D eigenvalue weighted by atomic mass is 9.96. The third-order valence-electron chi connectivity index (χ3n) is 3.81. The fraction of sp³-hybridized carbons (Fsp3) is 0.733. The van der Waals surface area contributed by atoms with Crippen molar-refractivity contribution in [1.82, 2.24) is 15.1 Å². The predicted molar refractivity (Wildman–Crippen MR) is 78.1 cm³/mol. The average Bonchev–Trinajstić information content (AvgIpc) is 2.89. The van der Waals surface area contributed by atoms with Gasteiger partial charge in [0.15, 0.2) is 0 Å². The highest BCUT2D eigenvalue weighted by molar-refractivity contribution is 4.97. The zero-order chi connectivity index (χ0) is 13.5. The SMILES string of the molecule is CN(C)CC1CCN(CCNCc2ccco2)CC1. The zero-order valence-corrected chi connectivity index (χ0v) is 12.3. The van der Waals surface area contributed by atoms with E-state index in [1.165, 1.54) is 32.5 Å². The van der Waals surface area contributed by atoms with Gasteiger partial charge in [-0.2, -0.15) is 0 Å². The van der Waals surface area contributed by atoms with E-state index in [4.69, 9.17) is 4.42 Å².